The molecule has 0 bridgehead atoms. The molecular formula is C26H21BrO2S. The molecule has 0 radical (unpaired) electrons. The zero-order valence-electron chi connectivity index (χ0n) is 16.8. The smallest absolute Gasteiger partial charge is 0.206 e. The van der Waals surface area contributed by atoms with Gasteiger partial charge < -0.3 is 0 Å². The summed E-state index contributed by atoms with van der Waals surface area (Å²) in [6.07, 6.45) is 0. The molecule has 0 atom stereocenters. The minimum atomic E-state index is -3.61. The SMILES string of the molecule is Cc1c(-c2ccccc2)cccc1-c1cccc(S(=O)(=O)c2ccc(Br)cc2)c1C. The van der Waals surface area contributed by atoms with Crippen molar-refractivity contribution in [3.63, 3.8) is 0 Å². The average molecular weight is 477 g/mol. The zero-order valence-corrected chi connectivity index (χ0v) is 19.2. The molecule has 0 saturated heterocycles. The van der Waals surface area contributed by atoms with Crippen LogP contribution in [0.5, 0.6) is 0 Å². The first-order valence-electron chi connectivity index (χ1n) is 9.65. The van der Waals surface area contributed by atoms with Crippen LogP contribution in [0.15, 0.2) is 105 Å². The fraction of sp³-hybridized carbons (Fsp3) is 0.0769. The molecule has 150 valence electrons. The number of sulfone groups is 1. The van der Waals surface area contributed by atoms with E-state index < -0.39 is 9.84 Å². The maximum atomic E-state index is 13.3. The predicted molar refractivity (Wildman–Crippen MR) is 126 cm³/mol. The van der Waals surface area contributed by atoms with E-state index in [4.69, 9.17) is 0 Å². The summed E-state index contributed by atoms with van der Waals surface area (Å²) in [4.78, 5) is 0.632. The minimum absolute atomic E-state index is 0.292. The molecule has 0 unspecified atom stereocenters. The van der Waals surface area contributed by atoms with E-state index in [1.807, 2.05) is 43.3 Å². The van der Waals surface area contributed by atoms with Gasteiger partial charge in [-0.2, -0.15) is 0 Å². The normalized spacial score (nSPS) is 11.4. The van der Waals surface area contributed by atoms with Gasteiger partial charge in [-0.05, 0) is 77.6 Å². The highest BCUT2D eigenvalue weighted by Crippen LogP contribution is 2.36. The highest BCUT2D eigenvalue weighted by Gasteiger charge is 2.22. The van der Waals surface area contributed by atoms with Crippen molar-refractivity contribution in [3.05, 3.63) is 107 Å². The summed E-state index contributed by atoms with van der Waals surface area (Å²) in [5, 5.41) is 0. The van der Waals surface area contributed by atoms with E-state index in [9.17, 15) is 8.42 Å². The second kappa shape index (κ2) is 8.21. The van der Waals surface area contributed by atoms with Crippen LogP contribution in [0.2, 0.25) is 0 Å². The minimum Gasteiger partial charge on any atom is -0.219 e. The monoisotopic (exact) mass is 476 g/mol. The van der Waals surface area contributed by atoms with Crippen LogP contribution in [-0.4, -0.2) is 8.42 Å². The van der Waals surface area contributed by atoms with E-state index in [-0.39, 0.29) is 0 Å². The fourth-order valence-electron chi connectivity index (χ4n) is 3.80. The van der Waals surface area contributed by atoms with Gasteiger partial charge in [0.15, 0.2) is 0 Å². The van der Waals surface area contributed by atoms with Crippen molar-refractivity contribution in [2.45, 2.75) is 23.6 Å². The van der Waals surface area contributed by atoms with Crippen molar-refractivity contribution < 1.29 is 8.42 Å². The van der Waals surface area contributed by atoms with Gasteiger partial charge in [-0.15, -0.1) is 0 Å². The van der Waals surface area contributed by atoms with Crippen LogP contribution < -0.4 is 0 Å². The third kappa shape index (κ3) is 3.73. The van der Waals surface area contributed by atoms with Crippen LogP contribution in [0.3, 0.4) is 0 Å². The highest BCUT2D eigenvalue weighted by molar-refractivity contribution is 9.10. The Labute approximate surface area is 186 Å². The van der Waals surface area contributed by atoms with Crippen LogP contribution >= 0.6 is 15.9 Å². The van der Waals surface area contributed by atoms with Crippen LogP contribution in [0, 0.1) is 13.8 Å². The van der Waals surface area contributed by atoms with E-state index in [2.05, 4.69) is 47.1 Å². The van der Waals surface area contributed by atoms with Gasteiger partial charge in [-0.25, -0.2) is 8.42 Å². The number of halogens is 1. The van der Waals surface area contributed by atoms with Gasteiger partial charge in [0.05, 0.1) is 9.79 Å². The number of benzene rings is 4. The summed E-state index contributed by atoms with van der Waals surface area (Å²) in [5.41, 5.74) is 6.16. The quantitative estimate of drug-likeness (QED) is 0.311. The molecule has 0 spiro atoms. The Hall–Kier alpha value is -2.69. The predicted octanol–water partition coefficient (Wildman–Crippen LogP) is 7.23. The Bertz CT molecular complexity index is 1310. The molecular weight excluding hydrogens is 456 g/mol. The van der Waals surface area contributed by atoms with Crippen molar-refractivity contribution in [1.29, 1.82) is 0 Å². The van der Waals surface area contributed by atoms with Crippen LogP contribution in [0.1, 0.15) is 11.1 Å². The van der Waals surface area contributed by atoms with Gasteiger partial charge in [-0.3, -0.25) is 0 Å². The number of hydrogen-bond donors (Lipinski definition) is 0. The second-order valence-corrected chi connectivity index (χ2v) is 10.1. The van der Waals surface area contributed by atoms with Crippen molar-refractivity contribution in [1.82, 2.24) is 0 Å². The average Bonchev–Trinajstić information content (AvgIpc) is 2.75. The molecule has 0 amide bonds. The molecule has 4 rings (SSSR count). The largest absolute Gasteiger partial charge is 0.219 e. The van der Waals surface area contributed by atoms with Gasteiger partial charge in [0, 0.05) is 4.47 Å². The number of hydrogen-bond acceptors (Lipinski definition) is 2. The van der Waals surface area contributed by atoms with Gasteiger partial charge >= 0.3 is 0 Å². The summed E-state index contributed by atoms with van der Waals surface area (Å²) in [6, 6.07) is 28.7. The van der Waals surface area contributed by atoms with E-state index in [0.717, 1.165) is 37.9 Å². The molecule has 0 aliphatic rings. The molecule has 4 aromatic carbocycles. The lowest BCUT2D eigenvalue weighted by molar-refractivity contribution is 0.595. The standard InChI is InChI=1S/C26H21BrO2S/c1-18-23(20-8-4-3-5-9-20)10-6-11-24(18)25-12-7-13-26(19(25)2)30(28,29)22-16-14-21(27)15-17-22/h3-17H,1-2H3. The summed E-state index contributed by atoms with van der Waals surface area (Å²) in [6.45, 7) is 3.97. The van der Waals surface area contributed by atoms with Crippen molar-refractivity contribution in [3.8, 4) is 22.3 Å². The second-order valence-electron chi connectivity index (χ2n) is 7.23. The van der Waals surface area contributed by atoms with E-state index in [0.29, 0.717) is 9.79 Å². The Balaban J connectivity index is 1.86. The molecule has 0 aliphatic carbocycles. The van der Waals surface area contributed by atoms with Gasteiger partial charge in [0.25, 0.3) is 0 Å². The molecule has 4 aromatic rings. The molecule has 2 nitrogen and oxygen atoms in total. The van der Waals surface area contributed by atoms with E-state index >= 15 is 0 Å². The molecule has 0 heterocycles. The van der Waals surface area contributed by atoms with Gasteiger partial charge in [-0.1, -0.05) is 76.6 Å². The fourth-order valence-corrected chi connectivity index (χ4v) is 5.58. The molecule has 0 aliphatic heterocycles. The Morgan fingerprint density at radius 2 is 1.17 bits per heavy atom. The molecule has 0 N–H and O–H groups in total. The molecule has 4 heteroatoms. The van der Waals surface area contributed by atoms with Gasteiger partial charge in [0.1, 0.15) is 0 Å². The first-order valence-corrected chi connectivity index (χ1v) is 11.9. The van der Waals surface area contributed by atoms with Crippen molar-refractivity contribution in [2.24, 2.45) is 0 Å². The first kappa shape index (κ1) is 20.6. The summed E-state index contributed by atoms with van der Waals surface area (Å²) in [5.74, 6) is 0. The molecule has 0 saturated carbocycles. The van der Waals surface area contributed by atoms with Crippen molar-refractivity contribution >= 4 is 25.8 Å². The zero-order chi connectivity index (χ0) is 21.3. The van der Waals surface area contributed by atoms with E-state index in [1.165, 1.54) is 0 Å². The summed E-state index contributed by atoms with van der Waals surface area (Å²) < 4.78 is 27.5. The summed E-state index contributed by atoms with van der Waals surface area (Å²) >= 11 is 3.36. The maximum Gasteiger partial charge on any atom is 0.206 e. The third-order valence-electron chi connectivity index (χ3n) is 5.41. The van der Waals surface area contributed by atoms with Crippen LogP contribution in [-0.2, 0) is 9.84 Å². The maximum absolute atomic E-state index is 13.3. The Kier molecular flexibility index (Phi) is 5.63. The molecule has 30 heavy (non-hydrogen) atoms. The van der Waals surface area contributed by atoms with Crippen molar-refractivity contribution in [2.75, 3.05) is 0 Å². The van der Waals surface area contributed by atoms with Gasteiger partial charge in [0.2, 0.25) is 9.84 Å². The summed E-state index contributed by atoms with van der Waals surface area (Å²) in [7, 11) is -3.61. The number of rotatable bonds is 4. The van der Waals surface area contributed by atoms with Crippen LogP contribution in [0.25, 0.3) is 22.3 Å². The topological polar surface area (TPSA) is 34.1 Å². The Morgan fingerprint density at radius 3 is 1.83 bits per heavy atom. The van der Waals surface area contributed by atoms with Crippen LogP contribution in [0.4, 0.5) is 0 Å². The van der Waals surface area contributed by atoms with E-state index in [1.54, 1.807) is 30.3 Å². The molecule has 0 fully saturated rings. The lowest BCUT2D eigenvalue weighted by Gasteiger charge is -2.16. The lowest BCUT2D eigenvalue weighted by Crippen LogP contribution is -2.05. The first-order chi connectivity index (χ1) is 14.4. The highest BCUT2D eigenvalue weighted by atomic mass is 79.9. The third-order valence-corrected chi connectivity index (χ3v) is 7.85. The Morgan fingerprint density at radius 1 is 0.600 bits per heavy atom. The lowest BCUT2D eigenvalue weighted by atomic mass is 9.91. The molecule has 0 aromatic heterocycles.